The lowest BCUT2D eigenvalue weighted by atomic mass is 9.99. The number of fused-ring (bicyclic) bond motifs is 1. The molecule has 0 aromatic heterocycles. The topological polar surface area (TPSA) is 74.6 Å². The molecule has 1 aromatic rings. The van der Waals surface area contributed by atoms with Crippen molar-refractivity contribution in [3.05, 3.63) is 51.3 Å². The standard InChI is InChI=1S/C14H10Cl2N4O/c15-11-2-1-8(5-12(11)16)20-14(18)10(6-17)9-3-4-21-7-13(9)19-20/h1-3,5H,4,7,18H2. The molecule has 5 nitrogen and oxygen atoms in total. The van der Waals surface area contributed by atoms with Crippen LogP contribution in [0, 0.1) is 11.3 Å². The molecule has 0 radical (unpaired) electrons. The highest BCUT2D eigenvalue weighted by molar-refractivity contribution is 6.42. The number of halogens is 2. The van der Waals surface area contributed by atoms with Gasteiger partial charge in [0.25, 0.3) is 0 Å². The third-order valence-electron chi connectivity index (χ3n) is 3.19. The zero-order chi connectivity index (χ0) is 15.0. The number of rotatable bonds is 1. The molecule has 2 aliphatic rings. The maximum atomic E-state index is 9.37. The maximum absolute atomic E-state index is 9.37. The molecule has 0 aliphatic carbocycles. The molecule has 7 heteroatoms. The minimum atomic E-state index is 0.257. The number of anilines is 1. The largest absolute Gasteiger partial charge is 0.383 e. The summed E-state index contributed by atoms with van der Waals surface area (Å²) in [4.78, 5) is 0. The van der Waals surface area contributed by atoms with Crippen molar-refractivity contribution >= 4 is 34.6 Å². The Balaban J connectivity index is 2.12. The van der Waals surface area contributed by atoms with Gasteiger partial charge in [-0.25, -0.2) is 5.01 Å². The molecule has 0 unspecified atom stereocenters. The summed E-state index contributed by atoms with van der Waals surface area (Å²) < 4.78 is 5.34. The second kappa shape index (κ2) is 5.41. The highest BCUT2D eigenvalue weighted by Crippen LogP contribution is 2.32. The fraction of sp³-hybridized carbons (Fsp3) is 0.143. The van der Waals surface area contributed by atoms with E-state index in [-0.39, 0.29) is 5.82 Å². The van der Waals surface area contributed by atoms with Gasteiger partial charge < -0.3 is 10.5 Å². The van der Waals surface area contributed by atoms with Crippen molar-refractivity contribution in [1.29, 1.82) is 5.26 Å². The monoisotopic (exact) mass is 320 g/mol. The number of hydrogen-bond acceptors (Lipinski definition) is 5. The van der Waals surface area contributed by atoms with Crippen LogP contribution in [0.25, 0.3) is 0 Å². The number of hydrazone groups is 1. The molecule has 2 heterocycles. The Bertz CT molecular complexity index is 746. The lowest BCUT2D eigenvalue weighted by Crippen LogP contribution is -2.34. The highest BCUT2D eigenvalue weighted by atomic mass is 35.5. The molecule has 0 atom stereocenters. The minimum absolute atomic E-state index is 0.257. The average Bonchev–Trinajstić information content (AvgIpc) is 2.49. The molecule has 3 rings (SSSR count). The van der Waals surface area contributed by atoms with Crippen LogP contribution < -0.4 is 10.7 Å². The molecule has 1 aromatic carbocycles. The predicted molar refractivity (Wildman–Crippen MR) is 82.1 cm³/mol. The van der Waals surface area contributed by atoms with Crippen LogP contribution >= 0.6 is 23.2 Å². The summed E-state index contributed by atoms with van der Waals surface area (Å²) in [6, 6.07) is 7.16. The predicted octanol–water partition coefficient (Wildman–Crippen LogP) is 2.82. The van der Waals surface area contributed by atoms with Gasteiger partial charge in [-0.05, 0) is 24.3 Å². The van der Waals surface area contributed by atoms with Gasteiger partial charge in [-0.3, -0.25) is 0 Å². The van der Waals surface area contributed by atoms with Gasteiger partial charge in [-0.15, -0.1) is 0 Å². The summed E-state index contributed by atoms with van der Waals surface area (Å²) in [6.07, 6.45) is 1.81. The van der Waals surface area contributed by atoms with Crippen LogP contribution in [0.5, 0.6) is 0 Å². The van der Waals surface area contributed by atoms with Crippen LogP contribution in [0.15, 0.2) is 46.3 Å². The van der Waals surface area contributed by atoms with Gasteiger partial charge in [0.2, 0.25) is 0 Å². The summed E-state index contributed by atoms with van der Waals surface area (Å²) in [5, 5.41) is 16.1. The molecule has 0 saturated heterocycles. The van der Waals surface area contributed by atoms with E-state index in [0.29, 0.717) is 40.2 Å². The van der Waals surface area contributed by atoms with Crippen molar-refractivity contribution in [2.75, 3.05) is 18.2 Å². The Morgan fingerprint density at radius 2 is 2.14 bits per heavy atom. The lowest BCUT2D eigenvalue weighted by Gasteiger charge is -2.29. The Labute approximate surface area is 131 Å². The van der Waals surface area contributed by atoms with E-state index in [1.54, 1.807) is 24.3 Å². The summed E-state index contributed by atoms with van der Waals surface area (Å²) >= 11 is 11.9. The Morgan fingerprint density at radius 3 is 2.86 bits per heavy atom. The van der Waals surface area contributed by atoms with Gasteiger partial charge in [0.15, 0.2) is 0 Å². The van der Waals surface area contributed by atoms with E-state index >= 15 is 0 Å². The number of allylic oxidation sites excluding steroid dienone is 1. The number of nitriles is 1. The molecule has 0 bridgehead atoms. The van der Waals surface area contributed by atoms with Gasteiger partial charge in [0.05, 0.1) is 34.7 Å². The van der Waals surface area contributed by atoms with Crippen molar-refractivity contribution in [2.24, 2.45) is 10.8 Å². The summed E-state index contributed by atoms with van der Waals surface area (Å²) in [7, 11) is 0. The Morgan fingerprint density at radius 1 is 1.33 bits per heavy atom. The summed E-state index contributed by atoms with van der Waals surface area (Å²) in [6.45, 7) is 0.779. The van der Waals surface area contributed by atoms with Crippen LogP contribution in [0.1, 0.15) is 0 Å². The highest BCUT2D eigenvalue weighted by Gasteiger charge is 2.28. The molecule has 106 valence electrons. The van der Waals surface area contributed by atoms with E-state index in [1.165, 1.54) is 5.01 Å². The van der Waals surface area contributed by atoms with Gasteiger partial charge in [-0.2, -0.15) is 10.4 Å². The van der Waals surface area contributed by atoms with Crippen molar-refractivity contribution in [3.8, 4) is 6.07 Å². The normalized spacial score (nSPS) is 17.9. The molecule has 0 fully saturated rings. The number of nitrogens with two attached hydrogens (primary N) is 1. The fourth-order valence-electron chi connectivity index (χ4n) is 2.17. The SMILES string of the molecule is N#CC1=C(N)N(c2ccc(Cl)c(Cl)c2)N=C2COCC=C21. The average molecular weight is 321 g/mol. The van der Waals surface area contributed by atoms with E-state index < -0.39 is 0 Å². The first-order valence-corrected chi connectivity index (χ1v) is 6.88. The molecule has 0 spiro atoms. The van der Waals surface area contributed by atoms with Crippen LogP contribution in [0.4, 0.5) is 5.69 Å². The minimum Gasteiger partial charge on any atom is -0.383 e. The Kier molecular flexibility index (Phi) is 3.60. The van der Waals surface area contributed by atoms with Crippen molar-refractivity contribution in [2.45, 2.75) is 0 Å². The van der Waals surface area contributed by atoms with Gasteiger partial charge >= 0.3 is 0 Å². The molecule has 2 aliphatic heterocycles. The van der Waals surface area contributed by atoms with E-state index in [2.05, 4.69) is 11.2 Å². The summed E-state index contributed by atoms with van der Waals surface area (Å²) in [5.41, 5.74) is 8.49. The van der Waals surface area contributed by atoms with E-state index in [4.69, 9.17) is 33.7 Å². The zero-order valence-electron chi connectivity index (χ0n) is 10.8. The molecular formula is C14H10Cl2N4O. The quantitative estimate of drug-likeness (QED) is 0.863. The van der Waals surface area contributed by atoms with Crippen LogP contribution in [-0.4, -0.2) is 18.9 Å². The van der Waals surface area contributed by atoms with Crippen LogP contribution in [0.3, 0.4) is 0 Å². The van der Waals surface area contributed by atoms with Crippen molar-refractivity contribution in [3.63, 3.8) is 0 Å². The Hall–Kier alpha value is -2.00. The van der Waals surface area contributed by atoms with Gasteiger partial charge in [-0.1, -0.05) is 23.2 Å². The molecule has 0 amide bonds. The van der Waals surface area contributed by atoms with E-state index in [1.807, 2.05) is 0 Å². The van der Waals surface area contributed by atoms with Crippen LogP contribution in [-0.2, 0) is 4.74 Å². The number of ether oxygens (including phenoxy) is 1. The zero-order valence-corrected chi connectivity index (χ0v) is 12.3. The molecular weight excluding hydrogens is 311 g/mol. The smallest absolute Gasteiger partial charge is 0.144 e. The van der Waals surface area contributed by atoms with Gasteiger partial charge in [0, 0.05) is 5.57 Å². The lowest BCUT2D eigenvalue weighted by molar-refractivity contribution is 0.199. The first-order valence-electron chi connectivity index (χ1n) is 6.13. The number of nitrogens with zero attached hydrogens (tertiary/aromatic N) is 3. The second-order valence-corrected chi connectivity index (χ2v) is 5.28. The number of benzene rings is 1. The van der Waals surface area contributed by atoms with Crippen LogP contribution in [0.2, 0.25) is 10.0 Å². The first kappa shape index (κ1) is 14.0. The molecule has 2 N–H and O–H groups in total. The second-order valence-electron chi connectivity index (χ2n) is 4.46. The van der Waals surface area contributed by atoms with Gasteiger partial charge in [0.1, 0.15) is 17.5 Å². The fourth-order valence-corrected chi connectivity index (χ4v) is 2.46. The van der Waals surface area contributed by atoms with E-state index in [9.17, 15) is 5.26 Å². The van der Waals surface area contributed by atoms with Crippen molar-refractivity contribution < 1.29 is 4.74 Å². The number of hydrogen-bond donors (Lipinski definition) is 1. The maximum Gasteiger partial charge on any atom is 0.144 e. The third kappa shape index (κ3) is 2.38. The van der Waals surface area contributed by atoms with E-state index in [0.717, 1.165) is 5.57 Å². The molecule has 21 heavy (non-hydrogen) atoms. The third-order valence-corrected chi connectivity index (χ3v) is 3.93. The summed E-state index contributed by atoms with van der Waals surface area (Å²) in [5.74, 6) is 0.257. The molecule has 0 saturated carbocycles. The van der Waals surface area contributed by atoms with Crippen molar-refractivity contribution in [1.82, 2.24) is 0 Å². The first-order chi connectivity index (χ1) is 10.1.